The number of halogens is 3. The van der Waals surface area contributed by atoms with E-state index in [0.29, 0.717) is 16.3 Å². The smallest absolute Gasteiger partial charge is 0.138 e. The molecule has 0 saturated carbocycles. The van der Waals surface area contributed by atoms with Crippen LogP contribution in [-0.2, 0) is 4.74 Å². The lowest BCUT2D eigenvalue weighted by molar-refractivity contribution is 0.169. The van der Waals surface area contributed by atoms with Gasteiger partial charge >= 0.3 is 0 Å². The highest BCUT2D eigenvalue weighted by Crippen LogP contribution is 2.39. The summed E-state index contributed by atoms with van der Waals surface area (Å²) in [5, 5.41) is 0.730. The van der Waals surface area contributed by atoms with Gasteiger partial charge in [-0.25, -0.2) is 13.7 Å². The summed E-state index contributed by atoms with van der Waals surface area (Å²) in [6.45, 7) is 3.77. The van der Waals surface area contributed by atoms with Crippen LogP contribution in [0.5, 0.6) is 0 Å². The monoisotopic (exact) mass is 493 g/mol. The van der Waals surface area contributed by atoms with Gasteiger partial charge in [0.25, 0.3) is 0 Å². The lowest BCUT2D eigenvalue weighted by atomic mass is 10.0. The minimum atomic E-state index is -0.301. The van der Waals surface area contributed by atoms with Crippen molar-refractivity contribution in [3.63, 3.8) is 0 Å². The Balaban J connectivity index is 1.37. The second kappa shape index (κ2) is 8.04. The van der Waals surface area contributed by atoms with Gasteiger partial charge in [-0.05, 0) is 58.2 Å². The van der Waals surface area contributed by atoms with Crippen LogP contribution in [0.15, 0.2) is 52.0 Å². The third-order valence-corrected chi connectivity index (χ3v) is 7.62. The van der Waals surface area contributed by atoms with Gasteiger partial charge in [0.05, 0.1) is 34.6 Å². The fourth-order valence-electron chi connectivity index (χ4n) is 3.86. The lowest BCUT2D eigenvalue weighted by Crippen LogP contribution is -2.14. The summed E-state index contributed by atoms with van der Waals surface area (Å²) < 4.78 is 22.2. The molecule has 2 atom stereocenters. The molecule has 2 unspecified atom stereocenters. The second-order valence-electron chi connectivity index (χ2n) is 7.42. The van der Waals surface area contributed by atoms with Crippen molar-refractivity contribution in [2.75, 3.05) is 26.3 Å². The number of nitrogens with one attached hydrogen (secondary N) is 1. The molecule has 2 aliphatic rings. The van der Waals surface area contributed by atoms with Crippen LogP contribution in [-0.4, -0.2) is 40.6 Å². The Kier molecular flexibility index (Phi) is 5.43. The molecule has 3 aromatic rings. The summed E-state index contributed by atoms with van der Waals surface area (Å²) in [7, 11) is 0. The van der Waals surface area contributed by atoms with Crippen molar-refractivity contribution < 1.29 is 9.13 Å². The molecule has 8 heteroatoms. The van der Waals surface area contributed by atoms with E-state index in [-0.39, 0.29) is 5.82 Å². The molecule has 150 valence electrons. The van der Waals surface area contributed by atoms with Crippen molar-refractivity contribution in [3.05, 3.63) is 57.9 Å². The topological polar surface area (TPSA) is 41.2 Å². The van der Waals surface area contributed by atoms with Crippen molar-refractivity contribution >= 4 is 39.5 Å². The van der Waals surface area contributed by atoms with E-state index < -0.39 is 0 Å². The van der Waals surface area contributed by atoms with Crippen LogP contribution < -0.4 is 0 Å². The van der Waals surface area contributed by atoms with Gasteiger partial charge in [-0.15, -0.1) is 0 Å². The Labute approximate surface area is 186 Å². The number of hydrogen-bond acceptors (Lipinski definition) is 4. The number of ether oxygens (including phenoxy) is 1. The Hall–Kier alpha value is -1.38. The average Bonchev–Trinajstić information content (AvgIpc) is 3.42. The number of imidazole rings is 1. The van der Waals surface area contributed by atoms with E-state index in [1.54, 1.807) is 24.2 Å². The maximum absolute atomic E-state index is 13.9. The van der Waals surface area contributed by atoms with Crippen LogP contribution in [0.1, 0.15) is 0 Å². The van der Waals surface area contributed by atoms with E-state index in [9.17, 15) is 4.39 Å². The van der Waals surface area contributed by atoms with Gasteiger partial charge in [-0.3, -0.25) is 0 Å². The van der Waals surface area contributed by atoms with Crippen molar-refractivity contribution in [2.24, 2.45) is 11.8 Å². The van der Waals surface area contributed by atoms with Gasteiger partial charge < -0.3 is 9.72 Å². The molecule has 3 heterocycles. The number of hydrogen-bond donors (Lipinski definition) is 1. The van der Waals surface area contributed by atoms with Crippen molar-refractivity contribution in [1.82, 2.24) is 14.3 Å². The van der Waals surface area contributed by atoms with Gasteiger partial charge in [0, 0.05) is 40.9 Å². The SMILES string of the molecule is Fc1cc(-c2cnc(-c3ccc(Cl)c(SN4CC5COCC5C4)c3)[nH]2)ccc1Br. The number of aromatic amines is 1. The van der Waals surface area contributed by atoms with Crippen molar-refractivity contribution in [1.29, 1.82) is 0 Å². The number of benzene rings is 2. The zero-order chi connectivity index (χ0) is 20.0. The lowest BCUT2D eigenvalue weighted by Gasteiger charge is -2.16. The largest absolute Gasteiger partial charge is 0.381 e. The zero-order valence-corrected chi connectivity index (χ0v) is 18.5. The van der Waals surface area contributed by atoms with Crippen molar-refractivity contribution in [2.45, 2.75) is 4.90 Å². The molecular formula is C21H18BrClFN3OS. The van der Waals surface area contributed by atoms with Crippen LogP contribution in [0.3, 0.4) is 0 Å². The number of rotatable bonds is 4. The van der Waals surface area contributed by atoms with E-state index >= 15 is 0 Å². The fraction of sp³-hybridized carbons (Fsp3) is 0.286. The summed E-state index contributed by atoms with van der Waals surface area (Å²) in [6.07, 6.45) is 1.72. The van der Waals surface area contributed by atoms with Gasteiger partial charge in [0.1, 0.15) is 11.6 Å². The predicted octanol–water partition coefficient (Wildman–Crippen LogP) is 5.88. The third-order valence-electron chi connectivity index (χ3n) is 5.45. The van der Waals surface area contributed by atoms with Gasteiger partial charge in [0.15, 0.2) is 0 Å². The van der Waals surface area contributed by atoms with Crippen LogP contribution in [0.4, 0.5) is 4.39 Å². The Morgan fingerprint density at radius 1 is 1.14 bits per heavy atom. The number of aromatic nitrogens is 2. The first-order valence-electron chi connectivity index (χ1n) is 9.38. The van der Waals surface area contributed by atoms with E-state index in [4.69, 9.17) is 16.3 Å². The average molecular weight is 495 g/mol. The van der Waals surface area contributed by atoms with E-state index in [1.807, 2.05) is 18.2 Å². The molecule has 1 aromatic heterocycles. The minimum absolute atomic E-state index is 0.301. The normalized spacial score (nSPS) is 21.6. The fourth-order valence-corrected chi connectivity index (χ4v) is 5.47. The zero-order valence-electron chi connectivity index (χ0n) is 15.4. The minimum Gasteiger partial charge on any atom is -0.381 e. The van der Waals surface area contributed by atoms with E-state index in [2.05, 4.69) is 36.3 Å². The maximum atomic E-state index is 13.9. The van der Waals surface area contributed by atoms with E-state index in [0.717, 1.165) is 58.9 Å². The third kappa shape index (κ3) is 3.99. The Bertz CT molecular complexity index is 1050. The summed E-state index contributed by atoms with van der Waals surface area (Å²) >= 11 is 11.4. The number of H-pyrrole nitrogens is 1. The highest BCUT2D eigenvalue weighted by molar-refractivity contribution is 9.10. The first kappa shape index (κ1) is 19.6. The molecule has 2 aliphatic heterocycles. The highest BCUT2D eigenvalue weighted by atomic mass is 79.9. The predicted molar refractivity (Wildman–Crippen MR) is 117 cm³/mol. The molecule has 0 aliphatic carbocycles. The first-order chi connectivity index (χ1) is 14.1. The highest BCUT2D eigenvalue weighted by Gasteiger charge is 2.37. The standard InChI is InChI=1S/C21H18BrClFN3OS/c22-16-3-1-12(5-18(16)24)19-7-25-21(26-19)13-2-4-17(23)20(6-13)29-27-8-14-10-28-11-15(14)9-27/h1-7,14-15H,8-11H2,(H,25,26). The van der Waals surface area contributed by atoms with Crippen LogP contribution >= 0.6 is 39.5 Å². The van der Waals surface area contributed by atoms with Gasteiger partial charge in [0.2, 0.25) is 0 Å². The summed E-state index contributed by atoms with van der Waals surface area (Å²) in [6, 6.07) is 10.9. The first-order valence-corrected chi connectivity index (χ1v) is 11.3. The molecule has 2 fully saturated rings. The molecule has 0 spiro atoms. The van der Waals surface area contributed by atoms with Crippen LogP contribution in [0.25, 0.3) is 22.6 Å². The molecule has 4 nitrogen and oxygen atoms in total. The van der Waals surface area contributed by atoms with Gasteiger partial charge in [-0.1, -0.05) is 17.7 Å². The molecule has 0 amide bonds. The second-order valence-corrected chi connectivity index (χ2v) is 9.82. The molecule has 0 bridgehead atoms. The summed E-state index contributed by atoms with van der Waals surface area (Å²) in [4.78, 5) is 8.79. The molecule has 5 rings (SSSR count). The maximum Gasteiger partial charge on any atom is 0.138 e. The molecule has 2 aromatic carbocycles. The molecule has 29 heavy (non-hydrogen) atoms. The number of nitrogens with zero attached hydrogens (tertiary/aromatic N) is 2. The quantitative estimate of drug-likeness (QED) is 0.460. The molecule has 1 N–H and O–H groups in total. The summed E-state index contributed by atoms with van der Waals surface area (Å²) in [5.74, 6) is 1.69. The Morgan fingerprint density at radius 3 is 2.66 bits per heavy atom. The Morgan fingerprint density at radius 2 is 1.90 bits per heavy atom. The van der Waals surface area contributed by atoms with Crippen LogP contribution in [0, 0.1) is 17.7 Å². The molecule has 2 saturated heterocycles. The van der Waals surface area contributed by atoms with Gasteiger partial charge in [-0.2, -0.15) is 0 Å². The molecule has 0 radical (unpaired) electrons. The number of fused-ring (bicyclic) bond motifs is 1. The van der Waals surface area contributed by atoms with Crippen molar-refractivity contribution in [3.8, 4) is 22.6 Å². The summed E-state index contributed by atoms with van der Waals surface area (Å²) in [5.41, 5.74) is 2.46. The van der Waals surface area contributed by atoms with Crippen LogP contribution in [0.2, 0.25) is 5.02 Å². The molecular weight excluding hydrogens is 477 g/mol. The van der Waals surface area contributed by atoms with E-state index in [1.165, 1.54) is 6.07 Å².